The number of hydrogen-bond donors (Lipinski definition) is 2. The Morgan fingerprint density at radius 2 is 0.485 bits per heavy atom. The molecule has 0 saturated heterocycles. The second-order valence-corrected chi connectivity index (χ2v) is 36.9. The van der Waals surface area contributed by atoms with Gasteiger partial charge in [-0.3, -0.25) is 9.98 Å². The van der Waals surface area contributed by atoms with Crippen LogP contribution in [-0.4, -0.2) is 49.9 Å². The van der Waals surface area contributed by atoms with E-state index in [1.54, 1.807) is 0 Å². The van der Waals surface area contributed by atoms with Crippen molar-refractivity contribution in [2.24, 2.45) is 9.98 Å². The van der Waals surface area contributed by atoms with Gasteiger partial charge < -0.3 is 31.9 Å². The van der Waals surface area contributed by atoms with E-state index in [9.17, 15) is 0 Å². The molecule has 0 aromatic heterocycles. The summed E-state index contributed by atoms with van der Waals surface area (Å²) in [5.41, 5.74) is 23.0. The number of nitrogens with zero attached hydrogens (tertiary/aromatic N) is 6. The summed E-state index contributed by atoms with van der Waals surface area (Å²) in [5.74, 6) is 4.52. The van der Waals surface area contributed by atoms with Crippen LogP contribution in [0.2, 0.25) is 0 Å². The Kier molecular flexibility index (Phi) is 58.2. The predicted molar refractivity (Wildman–Crippen MR) is 570 cm³/mol. The van der Waals surface area contributed by atoms with Crippen molar-refractivity contribution in [3.8, 4) is 0 Å². The van der Waals surface area contributed by atoms with Gasteiger partial charge in [0.05, 0.1) is 5.84 Å². The SMILES string of the molecule is CC(=NCCCCCN=C(Nc1c(C(C)C)cccc1C(C)C)P(c1ccccc1)c1ccccc1)Nc1c(C(C)C)cccc1C(C)C.CC([N-]CCCCC[N-]C(C)[N-]c1c(C(C)C)cccc1C(C)C)[N-]c1c(C(C)C)cccc1C(C)C.[CH2-]c1ccccc1.[CH2-]c1ccccc1.[CH2-]c1ccccc1.[CH2-]c1ccccc1.[CH2-]c1ccccc1.[CH2-]c1ccccc1.[Zr+4].[Zr]. The average molecular weight is 1910 g/mol. The maximum absolute atomic E-state index is 5.40. The first kappa shape index (κ1) is 115. The molecule has 12 rings (SSSR count). The first-order chi connectivity index (χ1) is 61.5. The Balaban J connectivity index is 0.000000459. The van der Waals surface area contributed by atoms with E-state index in [2.05, 4.69) is 317 Å². The number of rotatable bonds is 31. The minimum absolute atomic E-state index is 0. The molecule has 688 valence electrons. The second kappa shape index (κ2) is 66.0. The van der Waals surface area contributed by atoms with Crippen molar-refractivity contribution in [3.05, 3.63) is 456 Å². The Labute approximate surface area is 830 Å². The first-order valence-electron chi connectivity index (χ1n) is 46.4. The molecule has 0 bridgehead atoms. The molecule has 0 saturated carbocycles. The van der Waals surface area contributed by atoms with Gasteiger partial charge in [-0.05, 0) is 106 Å². The smallest absolute Gasteiger partial charge is 0.699 e. The molecule has 2 unspecified atom stereocenters. The van der Waals surface area contributed by atoms with Crippen molar-refractivity contribution >= 4 is 52.7 Å². The molecule has 0 aliphatic rings. The van der Waals surface area contributed by atoms with Gasteiger partial charge in [0.25, 0.3) is 0 Å². The monoisotopic (exact) mass is 1910 g/mol. The van der Waals surface area contributed by atoms with Crippen molar-refractivity contribution in [2.75, 3.05) is 36.8 Å². The summed E-state index contributed by atoms with van der Waals surface area (Å²) < 4.78 is 0. The summed E-state index contributed by atoms with van der Waals surface area (Å²) >= 11 is 0. The zero-order chi connectivity index (χ0) is 93.6. The quantitative estimate of drug-likeness (QED) is 0.0149. The Morgan fingerprint density at radius 3 is 0.715 bits per heavy atom. The van der Waals surface area contributed by atoms with E-state index in [0.717, 1.165) is 121 Å². The molecule has 0 aliphatic carbocycles. The molecular weight excluding hydrogens is 1750 g/mol. The fourth-order valence-electron chi connectivity index (χ4n) is 13.9. The summed E-state index contributed by atoms with van der Waals surface area (Å²) in [6, 6.07) is 108. The van der Waals surface area contributed by atoms with E-state index in [0.29, 0.717) is 47.3 Å². The number of hydrogen-bond acceptors (Lipinski definition) is 2. The number of para-hydroxylation sites is 4. The van der Waals surface area contributed by atoms with Gasteiger partial charge >= 0.3 is 26.2 Å². The summed E-state index contributed by atoms with van der Waals surface area (Å²) in [6.07, 6.45) is 6.41. The van der Waals surface area contributed by atoms with Crippen LogP contribution in [0.5, 0.6) is 0 Å². The van der Waals surface area contributed by atoms with E-state index in [1.165, 1.54) is 66.5 Å². The van der Waals surface area contributed by atoms with Gasteiger partial charge in [-0.25, -0.2) is 12.3 Å². The van der Waals surface area contributed by atoms with Crippen LogP contribution in [0.15, 0.2) is 325 Å². The molecule has 0 fully saturated rings. The first-order valence-corrected chi connectivity index (χ1v) is 47.8. The van der Waals surface area contributed by atoms with Gasteiger partial charge in [0.2, 0.25) is 0 Å². The average Bonchev–Trinajstić information content (AvgIpc) is 0.801. The van der Waals surface area contributed by atoms with Crippen molar-refractivity contribution in [1.82, 2.24) is 0 Å². The van der Waals surface area contributed by atoms with E-state index < -0.39 is 7.92 Å². The third-order valence-electron chi connectivity index (χ3n) is 20.9. The Morgan fingerprint density at radius 1 is 0.269 bits per heavy atom. The van der Waals surface area contributed by atoms with Gasteiger partial charge in [-0.2, -0.15) is 148 Å². The maximum Gasteiger partial charge on any atom is 4.00 e. The largest absolute Gasteiger partial charge is 4.00 e. The van der Waals surface area contributed by atoms with Crippen LogP contribution < -0.4 is 21.2 Å². The Hall–Kier alpha value is -9.48. The van der Waals surface area contributed by atoms with Gasteiger partial charge in [0, 0.05) is 58.6 Å². The minimum atomic E-state index is -0.868. The van der Waals surface area contributed by atoms with Gasteiger partial charge in [-0.1, -0.05) is 336 Å². The van der Waals surface area contributed by atoms with Crippen LogP contribution in [0, 0.1) is 41.5 Å². The Bertz CT molecular complexity index is 4440. The summed E-state index contributed by atoms with van der Waals surface area (Å²) in [7, 11) is -0.868. The molecule has 2 atom stereocenters. The van der Waals surface area contributed by atoms with Crippen LogP contribution in [0.1, 0.15) is 295 Å². The molecule has 8 nitrogen and oxygen atoms in total. The number of aliphatic imine (C=N–C) groups is 2. The number of nitrogens with one attached hydrogen (secondary N) is 2. The number of amidine groups is 2. The summed E-state index contributed by atoms with van der Waals surface area (Å²) in [4.78, 5) is 10.3. The standard InChI is InChI=1S/C44H59N4P.C33H52N4.6C7H7.2Zr/c1-31(2)38-25-19-26-39(32(3)4)42(38)47-35(9)45-29-17-12-18-30-46-44(48-43-40(33(5)6)27-20-28-41(43)34(7)8)49(36-21-13-10-14-22-36)37-23-15-11-16-24-37;1-22(2)28-16-14-17-29(23(3)4)32(28)36-26(9)34-20-12-11-13-21-35-27(10)37-33-30(24(5)6)18-15-19-31(33)25(7)8;6*1-7-5-3-2-4-6-7;;/h10-11,13-16,19-28,31-34H,12,17-18,29-30H2,1-9H3,(H,45,47)(H,46,48);14-19,22-27H,11-13,20-21H2,1-10H3;6*2-6H,1H2;;/q;-4;6*-1;;+4. The third kappa shape index (κ3) is 45.1. The molecule has 130 heavy (non-hydrogen) atoms. The van der Waals surface area contributed by atoms with Crippen molar-refractivity contribution in [3.63, 3.8) is 0 Å². The maximum atomic E-state index is 5.40. The van der Waals surface area contributed by atoms with Crippen molar-refractivity contribution < 1.29 is 52.4 Å². The third-order valence-corrected chi connectivity index (χ3v) is 23.2. The van der Waals surface area contributed by atoms with E-state index in [1.807, 2.05) is 182 Å². The molecule has 11 heteroatoms. The van der Waals surface area contributed by atoms with Crippen molar-refractivity contribution in [1.29, 1.82) is 0 Å². The van der Waals surface area contributed by atoms with Crippen LogP contribution in [0.25, 0.3) is 21.3 Å². The molecule has 2 N–H and O–H groups in total. The second-order valence-electron chi connectivity index (χ2n) is 34.7. The molecule has 12 aromatic rings. The van der Waals surface area contributed by atoms with Crippen LogP contribution in [-0.2, 0) is 52.4 Å². The molecule has 0 aliphatic heterocycles. The summed E-state index contributed by atoms with van der Waals surface area (Å²) in [5, 5.41) is 30.0. The van der Waals surface area contributed by atoms with E-state index >= 15 is 0 Å². The number of anilines is 2. The molecule has 0 heterocycles. The minimum Gasteiger partial charge on any atom is -0.699 e. The summed E-state index contributed by atoms with van der Waals surface area (Å²) in [6.45, 7) is 68.0. The van der Waals surface area contributed by atoms with Gasteiger partial charge in [0.15, 0.2) is 0 Å². The topological polar surface area (TPSA) is 105 Å². The molecule has 0 spiro atoms. The van der Waals surface area contributed by atoms with Gasteiger partial charge in [-0.15, -0.1) is 97.3 Å². The zero-order valence-corrected chi connectivity index (χ0v) is 88.1. The van der Waals surface area contributed by atoms with Gasteiger partial charge in [0.1, 0.15) is 5.58 Å². The molecular formula is C119H153N8PZr2-6. The number of unbranched alkanes of at least 4 members (excludes halogenated alkanes) is 4. The number of benzene rings is 12. The predicted octanol–water partition coefficient (Wildman–Crippen LogP) is 34.5. The normalized spacial score (nSPS) is 11.4. The molecule has 12 aromatic carbocycles. The fraction of sp³-hybridized carbons (Fsp3) is 0.328. The van der Waals surface area contributed by atoms with E-state index in [-0.39, 0.29) is 64.7 Å². The van der Waals surface area contributed by atoms with Crippen molar-refractivity contribution in [2.45, 2.75) is 230 Å². The molecule has 0 amide bonds. The van der Waals surface area contributed by atoms with E-state index in [4.69, 9.17) is 31.3 Å². The molecule has 0 radical (unpaired) electrons. The van der Waals surface area contributed by atoms with Crippen LogP contribution in [0.4, 0.5) is 22.7 Å². The fourth-order valence-corrected chi connectivity index (χ4v) is 16.1. The van der Waals surface area contributed by atoms with Crippen LogP contribution in [0.3, 0.4) is 0 Å². The van der Waals surface area contributed by atoms with Crippen LogP contribution >= 0.6 is 7.92 Å². The zero-order valence-electron chi connectivity index (χ0n) is 82.2.